The van der Waals surface area contributed by atoms with E-state index in [1.54, 1.807) is 0 Å². The molecule has 1 aliphatic carbocycles. The summed E-state index contributed by atoms with van der Waals surface area (Å²) >= 11 is 0. The second-order valence-electron chi connectivity index (χ2n) is 5.58. The van der Waals surface area contributed by atoms with Gasteiger partial charge in [-0.3, -0.25) is 4.90 Å². The first-order valence-electron chi connectivity index (χ1n) is 5.98. The molecule has 0 bridgehead atoms. The maximum atomic E-state index is 5.79. The van der Waals surface area contributed by atoms with Gasteiger partial charge in [-0.15, -0.1) is 0 Å². The van der Waals surface area contributed by atoms with Crippen LogP contribution in [0.2, 0.25) is 0 Å². The van der Waals surface area contributed by atoms with E-state index in [-0.39, 0.29) is 5.60 Å². The molecule has 2 N–H and O–H groups in total. The number of hydrogen-bond acceptors (Lipinski definition) is 3. The lowest BCUT2D eigenvalue weighted by molar-refractivity contribution is -0.0149. The Bertz CT molecular complexity index is 185. The standard InChI is InChI=1S/C12H26N2O/c1-12(2,3)15-8-7-14(4)11(9-13)10-5-6-10/h10-11H,5-9,13H2,1-4H3. The van der Waals surface area contributed by atoms with Gasteiger partial charge < -0.3 is 10.5 Å². The summed E-state index contributed by atoms with van der Waals surface area (Å²) in [6, 6.07) is 0.563. The van der Waals surface area contributed by atoms with E-state index in [0.717, 1.165) is 25.6 Å². The van der Waals surface area contributed by atoms with Gasteiger partial charge in [0.15, 0.2) is 0 Å². The fraction of sp³-hybridized carbons (Fsp3) is 1.00. The van der Waals surface area contributed by atoms with Crippen molar-refractivity contribution in [1.82, 2.24) is 4.90 Å². The van der Waals surface area contributed by atoms with Gasteiger partial charge in [0.25, 0.3) is 0 Å². The number of nitrogens with two attached hydrogens (primary N) is 1. The second-order valence-corrected chi connectivity index (χ2v) is 5.58. The molecule has 0 aromatic rings. The van der Waals surface area contributed by atoms with Gasteiger partial charge in [-0.05, 0) is 46.6 Å². The Morgan fingerprint density at radius 3 is 2.40 bits per heavy atom. The largest absolute Gasteiger partial charge is 0.375 e. The van der Waals surface area contributed by atoms with Crippen molar-refractivity contribution in [1.29, 1.82) is 0 Å². The van der Waals surface area contributed by atoms with Crippen molar-refractivity contribution >= 4 is 0 Å². The second kappa shape index (κ2) is 5.28. The first kappa shape index (κ1) is 12.9. The van der Waals surface area contributed by atoms with Crippen LogP contribution in [0.5, 0.6) is 0 Å². The Kier molecular flexibility index (Phi) is 4.56. The Hall–Kier alpha value is -0.120. The van der Waals surface area contributed by atoms with Gasteiger partial charge in [0, 0.05) is 19.1 Å². The maximum Gasteiger partial charge on any atom is 0.0600 e. The monoisotopic (exact) mass is 214 g/mol. The van der Waals surface area contributed by atoms with Crippen LogP contribution in [0.15, 0.2) is 0 Å². The molecule has 0 heterocycles. The van der Waals surface area contributed by atoms with Gasteiger partial charge in [0.2, 0.25) is 0 Å². The van der Waals surface area contributed by atoms with Crippen LogP contribution in [0.1, 0.15) is 33.6 Å². The van der Waals surface area contributed by atoms with Crippen LogP contribution in [0.3, 0.4) is 0 Å². The van der Waals surface area contributed by atoms with Crippen LogP contribution in [0.25, 0.3) is 0 Å². The van der Waals surface area contributed by atoms with Crippen LogP contribution in [0, 0.1) is 5.92 Å². The molecule has 3 nitrogen and oxygen atoms in total. The zero-order valence-electron chi connectivity index (χ0n) is 10.6. The zero-order valence-corrected chi connectivity index (χ0v) is 10.6. The molecule has 0 aliphatic heterocycles. The highest BCUT2D eigenvalue weighted by atomic mass is 16.5. The molecule has 15 heavy (non-hydrogen) atoms. The van der Waals surface area contributed by atoms with E-state index in [4.69, 9.17) is 10.5 Å². The number of rotatable bonds is 6. The number of likely N-dealkylation sites (N-methyl/N-ethyl adjacent to an activating group) is 1. The van der Waals surface area contributed by atoms with Crippen LogP contribution in [-0.2, 0) is 4.74 Å². The SMILES string of the molecule is CN(CCOC(C)(C)C)C(CN)C1CC1. The van der Waals surface area contributed by atoms with Crippen LogP contribution >= 0.6 is 0 Å². The lowest BCUT2D eigenvalue weighted by Gasteiger charge is -2.28. The molecule has 1 aliphatic rings. The van der Waals surface area contributed by atoms with Crippen molar-refractivity contribution in [3.05, 3.63) is 0 Å². The minimum absolute atomic E-state index is 0.0291. The highest BCUT2D eigenvalue weighted by molar-refractivity contribution is 4.87. The molecule has 0 radical (unpaired) electrons. The molecule has 1 atom stereocenters. The van der Waals surface area contributed by atoms with E-state index in [0.29, 0.717) is 6.04 Å². The third-order valence-corrected chi connectivity index (χ3v) is 2.95. The number of ether oxygens (including phenoxy) is 1. The average molecular weight is 214 g/mol. The minimum Gasteiger partial charge on any atom is -0.375 e. The molecule has 0 aromatic carbocycles. The average Bonchev–Trinajstić information content (AvgIpc) is 2.87. The first-order valence-corrected chi connectivity index (χ1v) is 5.98. The van der Waals surface area contributed by atoms with Crippen LogP contribution in [0.4, 0.5) is 0 Å². The quantitative estimate of drug-likeness (QED) is 0.727. The van der Waals surface area contributed by atoms with Crippen molar-refractivity contribution in [3.63, 3.8) is 0 Å². The van der Waals surface area contributed by atoms with Crippen LogP contribution < -0.4 is 5.73 Å². The number of nitrogens with zero attached hydrogens (tertiary/aromatic N) is 1. The van der Waals surface area contributed by atoms with E-state index in [1.807, 2.05) is 0 Å². The summed E-state index contributed by atoms with van der Waals surface area (Å²) in [5, 5.41) is 0. The van der Waals surface area contributed by atoms with Crippen molar-refractivity contribution in [2.45, 2.75) is 45.3 Å². The Morgan fingerprint density at radius 2 is 2.00 bits per heavy atom. The number of hydrogen-bond donors (Lipinski definition) is 1. The molecule has 90 valence electrons. The lowest BCUT2D eigenvalue weighted by Crippen LogP contribution is -2.41. The van der Waals surface area contributed by atoms with Gasteiger partial charge in [-0.2, -0.15) is 0 Å². The Morgan fingerprint density at radius 1 is 1.40 bits per heavy atom. The summed E-state index contributed by atoms with van der Waals surface area (Å²) in [5.41, 5.74) is 5.76. The topological polar surface area (TPSA) is 38.5 Å². The van der Waals surface area contributed by atoms with Gasteiger partial charge in [-0.25, -0.2) is 0 Å². The molecule has 0 saturated heterocycles. The third kappa shape index (κ3) is 4.96. The van der Waals surface area contributed by atoms with Gasteiger partial charge in [0.1, 0.15) is 0 Å². The normalized spacial score (nSPS) is 19.6. The van der Waals surface area contributed by atoms with Crippen molar-refractivity contribution in [2.24, 2.45) is 11.7 Å². The van der Waals surface area contributed by atoms with Crippen LogP contribution in [-0.4, -0.2) is 43.3 Å². The summed E-state index contributed by atoms with van der Waals surface area (Å²) in [6.07, 6.45) is 2.71. The van der Waals surface area contributed by atoms with E-state index < -0.39 is 0 Å². The molecule has 1 rings (SSSR count). The Labute approximate surface area is 94.0 Å². The van der Waals surface area contributed by atoms with Gasteiger partial charge >= 0.3 is 0 Å². The van der Waals surface area contributed by atoms with E-state index in [1.165, 1.54) is 12.8 Å². The summed E-state index contributed by atoms with van der Waals surface area (Å²) in [4.78, 5) is 2.35. The maximum absolute atomic E-state index is 5.79. The molecule has 0 aromatic heterocycles. The predicted octanol–water partition coefficient (Wildman–Crippen LogP) is 1.47. The highest BCUT2D eigenvalue weighted by Crippen LogP contribution is 2.34. The molecule has 0 amide bonds. The van der Waals surface area contributed by atoms with Gasteiger partial charge in [0.05, 0.1) is 12.2 Å². The summed E-state index contributed by atoms with van der Waals surface area (Å²) in [7, 11) is 2.15. The smallest absolute Gasteiger partial charge is 0.0600 e. The minimum atomic E-state index is -0.0291. The molecular weight excluding hydrogens is 188 g/mol. The lowest BCUT2D eigenvalue weighted by atomic mass is 10.1. The molecule has 0 spiro atoms. The van der Waals surface area contributed by atoms with Crippen molar-refractivity contribution < 1.29 is 4.74 Å². The highest BCUT2D eigenvalue weighted by Gasteiger charge is 2.32. The zero-order chi connectivity index (χ0) is 11.5. The summed E-state index contributed by atoms with van der Waals surface area (Å²) in [5.74, 6) is 0.842. The summed E-state index contributed by atoms with van der Waals surface area (Å²) < 4.78 is 5.71. The van der Waals surface area contributed by atoms with E-state index >= 15 is 0 Å². The van der Waals surface area contributed by atoms with Gasteiger partial charge in [-0.1, -0.05) is 0 Å². The van der Waals surface area contributed by atoms with Crippen molar-refractivity contribution in [3.8, 4) is 0 Å². The first-order chi connectivity index (χ1) is 6.94. The third-order valence-electron chi connectivity index (χ3n) is 2.95. The molecule has 1 fully saturated rings. The van der Waals surface area contributed by atoms with E-state index in [2.05, 4.69) is 32.7 Å². The molecule has 1 unspecified atom stereocenters. The van der Waals surface area contributed by atoms with E-state index in [9.17, 15) is 0 Å². The Balaban J connectivity index is 2.19. The summed E-state index contributed by atoms with van der Waals surface area (Å²) in [6.45, 7) is 8.83. The fourth-order valence-corrected chi connectivity index (χ4v) is 1.87. The predicted molar refractivity (Wildman–Crippen MR) is 63.9 cm³/mol. The molecule has 1 saturated carbocycles. The fourth-order valence-electron chi connectivity index (χ4n) is 1.87. The van der Waals surface area contributed by atoms with Crippen molar-refractivity contribution in [2.75, 3.05) is 26.7 Å². The molecule has 3 heteroatoms. The molecular formula is C12H26N2O.